The summed E-state index contributed by atoms with van der Waals surface area (Å²) in [5.74, 6) is -3.37. The highest BCUT2D eigenvalue weighted by Crippen LogP contribution is 2.57. The highest BCUT2D eigenvalue weighted by molar-refractivity contribution is 9.10. The van der Waals surface area contributed by atoms with E-state index in [-0.39, 0.29) is 53.6 Å². The summed E-state index contributed by atoms with van der Waals surface area (Å²) in [5, 5.41) is 20.8. The van der Waals surface area contributed by atoms with E-state index in [1.54, 1.807) is 43.3 Å². The second kappa shape index (κ2) is 10.1. The number of allylic oxidation sites excluding steroid dienone is 6. The molecule has 1 saturated heterocycles. The zero-order valence-electron chi connectivity index (χ0n) is 22.5. The second-order valence-corrected chi connectivity index (χ2v) is 11.9. The summed E-state index contributed by atoms with van der Waals surface area (Å²) < 4.78 is 6.00. The predicted octanol–water partition coefficient (Wildman–Crippen LogP) is 4.54. The van der Waals surface area contributed by atoms with Gasteiger partial charge >= 0.3 is 0 Å². The largest absolute Gasteiger partial charge is 0.508 e. The van der Waals surface area contributed by atoms with Crippen molar-refractivity contribution in [3.63, 3.8) is 0 Å². The lowest BCUT2D eigenvalue weighted by Gasteiger charge is -2.42. The van der Waals surface area contributed by atoms with Gasteiger partial charge in [0.05, 0.1) is 18.9 Å². The molecule has 0 unspecified atom stereocenters. The lowest BCUT2D eigenvalue weighted by molar-refractivity contribution is -0.140. The van der Waals surface area contributed by atoms with Crippen molar-refractivity contribution in [1.29, 1.82) is 0 Å². The van der Waals surface area contributed by atoms with Gasteiger partial charge in [-0.05, 0) is 68.0 Å². The van der Waals surface area contributed by atoms with Gasteiger partial charge in [-0.15, -0.1) is 0 Å². The van der Waals surface area contributed by atoms with Crippen molar-refractivity contribution < 1.29 is 34.1 Å². The van der Waals surface area contributed by atoms with Crippen molar-refractivity contribution in [2.75, 3.05) is 13.7 Å². The smallest absolute Gasteiger partial charge is 0.233 e. The standard InChI is InChI=1S/C32H28BrNO7/c1-15-11-24(36)28-23(29(15)37)14-21-19(26(28)22-12-17(33)13-25(41-2)30(22)38)7-8-20-27(21)32(40)34(31(20)39)10-9-16-3-5-18(35)6-4-16/h3-7,11-13,20-21,26-27,35,38H,8-10,14H2,1-2H3/t20-,21+,26+,27-/m0/s1. The Bertz CT molecular complexity index is 1620. The van der Waals surface area contributed by atoms with E-state index in [0.717, 1.165) is 11.1 Å². The third kappa shape index (κ3) is 4.34. The molecule has 0 bridgehead atoms. The number of halogens is 1. The van der Waals surface area contributed by atoms with Crippen LogP contribution in [0.1, 0.15) is 36.8 Å². The van der Waals surface area contributed by atoms with Crippen molar-refractivity contribution in [1.82, 2.24) is 4.90 Å². The first-order valence-corrected chi connectivity index (χ1v) is 14.3. The summed E-state index contributed by atoms with van der Waals surface area (Å²) in [5.41, 5.74) is 3.01. The van der Waals surface area contributed by atoms with Crippen LogP contribution in [0, 0.1) is 17.8 Å². The minimum Gasteiger partial charge on any atom is -0.508 e. The number of hydrogen-bond acceptors (Lipinski definition) is 7. The minimum absolute atomic E-state index is 0.141. The number of likely N-dealkylation sites (tertiary alicyclic amines) is 1. The molecule has 4 aliphatic rings. The molecule has 6 rings (SSSR count). The summed E-state index contributed by atoms with van der Waals surface area (Å²) in [6.45, 7) is 1.81. The Kier molecular flexibility index (Phi) is 6.72. The molecule has 1 aliphatic heterocycles. The van der Waals surface area contributed by atoms with Crippen molar-refractivity contribution >= 4 is 39.3 Å². The molecule has 9 heteroatoms. The van der Waals surface area contributed by atoms with Crippen molar-refractivity contribution in [2.45, 2.75) is 32.1 Å². The summed E-state index contributed by atoms with van der Waals surface area (Å²) in [6, 6.07) is 9.97. The lowest BCUT2D eigenvalue weighted by Crippen LogP contribution is -2.40. The van der Waals surface area contributed by atoms with E-state index in [1.165, 1.54) is 18.1 Å². The number of carbonyl (C=O) groups excluding carboxylic acids is 4. The van der Waals surface area contributed by atoms with Crippen molar-refractivity contribution in [2.24, 2.45) is 17.8 Å². The van der Waals surface area contributed by atoms with Gasteiger partial charge in [0.1, 0.15) is 5.75 Å². The molecule has 8 nitrogen and oxygen atoms in total. The van der Waals surface area contributed by atoms with E-state index in [1.807, 2.05) is 6.08 Å². The van der Waals surface area contributed by atoms with Gasteiger partial charge in [0, 0.05) is 39.2 Å². The number of nitrogens with zero attached hydrogens (tertiary/aromatic N) is 1. The van der Waals surface area contributed by atoms with Crippen LogP contribution in [0.25, 0.3) is 0 Å². The molecular weight excluding hydrogens is 590 g/mol. The summed E-state index contributed by atoms with van der Waals surface area (Å²) >= 11 is 3.47. The molecule has 41 heavy (non-hydrogen) atoms. The molecule has 210 valence electrons. The Balaban J connectivity index is 1.42. The van der Waals surface area contributed by atoms with Gasteiger partial charge in [-0.1, -0.05) is 39.7 Å². The number of phenols is 2. The first-order chi connectivity index (χ1) is 19.6. The van der Waals surface area contributed by atoms with Crippen LogP contribution in [-0.2, 0) is 25.6 Å². The fraction of sp³-hybridized carbons (Fsp3) is 0.312. The van der Waals surface area contributed by atoms with Gasteiger partial charge in [-0.25, -0.2) is 0 Å². The number of methoxy groups -OCH3 is 1. The molecule has 1 heterocycles. The maximum atomic E-state index is 13.9. The highest BCUT2D eigenvalue weighted by atomic mass is 79.9. The average Bonchev–Trinajstić information content (AvgIpc) is 3.20. The van der Waals surface area contributed by atoms with Crippen LogP contribution in [0.5, 0.6) is 17.2 Å². The Morgan fingerprint density at radius 3 is 2.46 bits per heavy atom. The van der Waals surface area contributed by atoms with Gasteiger partial charge in [0.15, 0.2) is 23.1 Å². The van der Waals surface area contributed by atoms with E-state index in [4.69, 9.17) is 4.74 Å². The van der Waals surface area contributed by atoms with Gasteiger partial charge in [0.25, 0.3) is 0 Å². The van der Waals surface area contributed by atoms with Crippen molar-refractivity contribution in [3.05, 3.63) is 86.4 Å². The number of phenolic OH excluding ortho intramolecular Hbond substituents is 2. The van der Waals surface area contributed by atoms with Crippen LogP contribution in [-0.4, -0.2) is 52.1 Å². The number of amides is 2. The summed E-state index contributed by atoms with van der Waals surface area (Å²) in [4.78, 5) is 55.6. The van der Waals surface area contributed by atoms with Crippen LogP contribution >= 0.6 is 15.9 Å². The molecule has 3 aliphatic carbocycles. The topological polar surface area (TPSA) is 121 Å². The number of ether oxygens (including phenoxy) is 1. The zero-order chi connectivity index (χ0) is 29.2. The molecule has 0 radical (unpaired) electrons. The first kappa shape index (κ1) is 27.2. The third-order valence-corrected chi connectivity index (χ3v) is 9.27. The summed E-state index contributed by atoms with van der Waals surface area (Å²) in [6.07, 6.45) is 4.19. The molecule has 4 atom stereocenters. The van der Waals surface area contributed by atoms with Gasteiger partial charge in [0.2, 0.25) is 11.8 Å². The number of carbonyl (C=O) groups is 4. The van der Waals surface area contributed by atoms with Crippen LogP contribution in [0.3, 0.4) is 0 Å². The van der Waals surface area contributed by atoms with Gasteiger partial charge < -0.3 is 14.9 Å². The number of imide groups is 1. The number of aromatic hydroxyl groups is 2. The maximum Gasteiger partial charge on any atom is 0.233 e. The quantitative estimate of drug-likeness (QED) is 0.287. The predicted molar refractivity (Wildman–Crippen MR) is 152 cm³/mol. The molecule has 0 saturated carbocycles. The molecule has 0 aromatic heterocycles. The number of fused-ring (bicyclic) bond motifs is 3. The number of Topliss-reactive ketones (excluding diaryl/α,β-unsaturated/α-hetero) is 1. The van der Waals surface area contributed by atoms with Crippen molar-refractivity contribution in [3.8, 4) is 17.2 Å². The van der Waals surface area contributed by atoms with Crippen LogP contribution in [0.4, 0.5) is 0 Å². The molecular formula is C32H28BrNO7. The average molecular weight is 618 g/mol. The summed E-state index contributed by atoms with van der Waals surface area (Å²) in [7, 11) is 1.43. The van der Waals surface area contributed by atoms with E-state index in [9.17, 15) is 29.4 Å². The Morgan fingerprint density at radius 1 is 1.02 bits per heavy atom. The minimum atomic E-state index is -0.772. The molecule has 2 N–H and O–H groups in total. The number of benzene rings is 2. The second-order valence-electron chi connectivity index (χ2n) is 11.0. The normalized spacial score (nSPS) is 25.5. The maximum absolute atomic E-state index is 13.9. The van der Waals surface area contributed by atoms with Crippen LogP contribution < -0.4 is 4.74 Å². The van der Waals surface area contributed by atoms with Gasteiger partial charge in [-0.3, -0.25) is 24.1 Å². The van der Waals surface area contributed by atoms with Crippen LogP contribution in [0.15, 0.2) is 75.3 Å². The van der Waals surface area contributed by atoms with Crippen LogP contribution in [0.2, 0.25) is 0 Å². The first-order valence-electron chi connectivity index (χ1n) is 13.5. The van der Waals surface area contributed by atoms with E-state index >= 15 is 0 Å². The lowest BCUT2D eigenvalue weighted by atomic mass is 9.59. The number of hydrogen-bond donors (Lipinski definition) is 2. The third-order valence-electron chi connectivity index (χ3n) is 8.81. The monoisotopic (exact) mass is 617 g/mol. The highest BCUT2D eigenvalue weighted by Gasteiger charge is 2.56. The molecule has 1 fully saturated rings. The molecule has 2 amide bonds. The van der Waals surface area contributed by atoms with Gasteiger partial charge in [-0.2, -0.15) is 0 Å². The fourth-order valence-corrected chi connectivity index (χ4v) is 7.35. The Labute approximate surface area is 245 Å². The Morgan fingerprint density at radius 2 is 1.76 bits per heavy atom. The fourth-order valence-electron chi connectivity index (χ4n) is 6.90. The zero-order valence-corrected chi connectivity index (χ0v) is 24.1. The van der Waals surface area contributed by atoms with E-state index < -0.39 is 23.7 Å². The van der Waals surface area contributed by atoms with E-state index in [2.05, 4.69) is 15.9 Å². The molecule has 2 aromatic carbocycles. The molecule has 2 aromatic rings. The number of rotatable bonds is 5. The number of ketones is 2. The van der Waals surface area contributed by atoms with E-state index in [0.29, 0.717) is 39.6 Å². The SMILES string of the molecule is COc1cc(Br)cc([C@H]2C3=CC[C@@H]4C(=O)N(CCc5ccc(O)cc5)C(=O)[C@@H]4[C@@H]3CC3=C2C(=O)C=C(C)C3=O)c1O. The Hall–Kier alpha value is -3.98. The molecule has 0 spiro atoms.